The summed E-state index contributed by atoms with van der Waals surface area (Å²) in [6.07, 6.45) is 0.818. The van der Waals surface area contributed by atoms with Gasteiger partial charge in [-0.05, 0) is 53.9 Å². The molecule has 6 nitrogen and oxygen atoms in total. The molecule has 0 atom stereocenters. The molecule has 27 heavy (non-hydrogen) atoms. The summed E-state index contributed by atoms with van der Waals surface area (Å²) in [6.45, 7) is 2.79. The molecule has 0 radical (unpaired) electrons. The van der Waals surface area contributed by atoms with Crippen LogP contribution in [0.2, 0.25) is 0 Å². The molecule has 0 unspecified atom stereocenters. The Morgan fingerprint density at radius 3 is 2.67 bits per heavy atom. The third-order valence-corrected chi connectivity index (χ3v) is 4.85. The molecule has 7 heteroatoms. The summed E-state index contributed by atoms with van der Waals surface area (Å²) in [4.78, 5) is 30.4. The van der Waals surface area contributed by atoms with Gasteiger partial charge in [-0.25, -0.2) is 9.18 Å². The summed E-state index contributed by atoms with van der Waals surface area (Å²) in [7, 11) is 2.02. The Morgan fingerprint density at radius 2 is 1.96 bits per heavy atom. The molecule has 4 rings (SSSR count). The minimum atomic E-state index is -0.597. The van der Waals surface area contributed by atoms with E-state index in [0.717, 1.165) is 35.2 Å². The number of benzene rings is 2. The van der Waals surface area contributed by atoms with Crippen molar-refractivity contribution >= 4 is 23.3 Å². The van der Waals surface area contributed by atoms with Crippen molar-refractivity contribution in [3.05, 3.63) is 52.8 Å². The smallest absolute Gasteiger partial charge is 0.320 e. The highest BCUT2D eigenvalue weighted by atomic mass is 19.1. The number of hydrogen-bond acceptors (Lipinski definition) is 5. The van der Waals surface area contributed by atoms with Crippen molar-refractivity contribution in [1.29, 1.82) is 0 Å². The predicted octanol–water partition coefficient (Wildman–Crippen LogP) is 2.70. The number of anilines is 1. The van der Waals surface area contributed by atoms with Gasteiger partial charge < -0.3 is 15.1 Å². The lowest BCUT2D eigenvalue weighted by atomic mass is 9.87. The molecule has 0 saturated carbocycles. The van der Waals surface area contributed by atoms with Crippen LogP contribution in [-0.4, -0.2) is 36.1 Å². The van der Waals surface area contributed by atoms with Crippen LogP contribution in [0.1, 0.15) is 23.6 Å². The van der Waals surface area contributed by atoms with Gasteiger partial charge in [-0.2, -0.15) is 0 Å². The zero-order chi connectivity index (χ0) is 19.1. The van der Waals surface area contributed by atoms with Gasteiger partial charge in [0.2, 0.25) is 0 Å². The molecule has 2 aromatic rings. The molecule has 0 fully saturated rings. The van der Waals surface area contributed by atoms with Crippen LogP contribution >= 0.6 is 0 Å². The zero-order valence-corrected chi connectivity index (χ0v) is 15.0. The topological polar surface area (TPSA) is 71.0 Å². The summed E-state index contributed by atoms with van der Waals surface area (Å²) in [5.74, 6) is -1.31. The van der Waals surface area contributed by atoms with Gasteiger partial charge >= 0.3 is 5.97 Å². The molecule has 0 spiro atoms. The van der Waals surface area contributed by atoms with E-state index >= 15 is 0 Å². The highest BCUT2D eigenvalue weighted by Gasteiger charge is 2.33. The van der Waals surface area contributed by atoms with Crippen LogP contribution in [0.5, 0.6) is 0 Å². The third-order valence-electron chi connectivity index (χ3n) is 4.85. The van der Waals surface area contributed by atoms with E-state index in [1.165, 1.54) is 19.1 Å². The second-order valence-corrected chi connectivity index (χ2v) is 6.78. The van der Waals surface area contributed by atoms with Crippen molar-refractivity contribution in [3.63, 3.8) is 0 Å². The third kappa shape index (κ3) is 3.10. The number of carbonyl (C=O) groups is 2. The van der Waals surface area contributed by atoms with Crippen LogP contribution < -0.4 is 5.32 Å². The number of hydrogen-bond donors (Lipinski definition) is 1. The lowest BCUT2D eigenvalue weighted by Gasteiger charge is -2.29. The minimum absolute atomic E-state index is 0.0691. The summed E-state index contributed by atoms with van der Waals surface area (Å²) < 4.78 is 13.4. The van der Waals surface area contributed by atoms with E-state index in [1.54, 1.807) is 12.1 Å². The van der Waals surface area contributed by atoms with Gasteiger partial charge in [0, 0.05) is 25.6 Å². The van der Waals surface area contributed by atoms with Crippen molar-refractivity contribution in [2.45, 2.75) is 19.9 Å². The number of halogens is 1. The molecule has 0 saturated heterocycles. The number of fused-ring (bicyclic) bond motifs is 3. The van der Waals surface area contributed by atoms with Crippen molar-refractivity contribution in [1.82, 2.24) is 4.90 Å². The standard InChI is InChI=1S/C20H18FN3O3/c1-11(25)27-23-19-16-9-15(12-3-5-13(21)6-4-12)14-7-8-24(2)10-17(14)18(16)22-20(19)26/h3-6,9H,7-8,10H2,1-2H3,(H,22,23,26). The highest BCUT2D eigenvalue weighted by Crippen LogP contribution is 2.40. The van der Waals surface area contributed by atoms with Crippen molar-refractivity contribution in [2.75, 3.05) is 18.9 Å². The largest absolute Gasteiger partial charge is 0.332 e. The van der Waals surface area contributed by atoms with Gasteiger partial charge in [-0.15, -0.1) is 0 Å². The van der Waals surface area contributed by atoms with E-state index in [0.29, 0.717) is 17.8 Å². The molecule has 2 aliphatic rings. The van der Waals surface area contributed by atoms with Gasteiger partial charge in [0.05, 0.1) is 5.69 Å². The Labute approximate surface area is 155 Å². The first-order valence-electron chi connectivity index (χ1n) is 8.64. The fraction of sp³-hybridized carbons (Fsp3) is 0.250. The SMILES string of the molecule is CC(=O)ON=C1C(=O)Nc2c1cc(-c1ccc(F)cc1)c1c2CN(C)CC1. The maximum atomic E-state index is 13.4. The van der Waals surface area contributed by atoms with Gasteiger partial charge in [-0.1, -0.05) is 17.3 Å². The Balaban J connectivity index is 1.92. The number of rotatable bonds is 2. The molecule has 0 bridgehead atoms. The van der Waals surface area contributed by atoms with Crippen molar-refractivity contribution in [3.8, 4) is 11.1 Å². The van der Waals surface area contributed by atoms with Crippen LogP contribution in [0.25, 0.3) is 11.1 Å². The van der Waals surface area contributed by atoms with Crippen molar-refractivity contribution in [2.24, 2.45) is 5.16 Å². The number of nitrogens with zero attached hydrogens (tertiary/aromatic N) is 2. The molecule has 2 aromatic carbocycles. The highest BCUT2D eigenvalue weighted by molar-refractivity contribution is 6.54. The average molecular weight is 367 g/mol. The molecular formula is C20H18FN3O3. The van der Waals surface area contributed by atoms with E-state index in [2.05, 4.69) is 15.4 Å². The first-order valence-corrected chi connectivity index (χ1v) is 8.64. The zero-order valence-electron chi connectivity index (χ0n) is 15.0. The summed E-state index contributed by atoms with van der Waals surface area (Å²) in [5.41, 5.74) is 5.32. The van der Waals surface area contributed by atoms with Crippen molar-refractivity contribution < 1.29 is 18.8 Å². The first-order chi connectivity index (χ1) is 12.9. The minimum Gasteiger partial charge on any atom is -0.320 e. The van der Waals surface area contributed by atoms with Crippen LogP contribution in [0, 0.1) is 5.82 Å². The lowest BCUT2D eigenvalue weighted by Crippen LogP contribution is -2.27. The second kappa shape index (κ2) is 6.59. The molecule has 0 aromatic heterocycles. The second-order valence-electron chi connectivity index (χ2n) is 6.78. The Kier molecular flexibility index (Phi) is 4.24. The molecule has 2 heterocycles. The maximum absolute atomic E-state index is 13.4. The van der Waals surface area contributed by atoms with E-state index in [9.17, 15) is 14.0 Å². The molecule has 2 aliphatic heterocycles. The number of likely N-dealkylation sites (N-methyl/N-ethyl adjacent to an activating group) is 1. The maximum Gasteiger partial charge on any atom is 0.332 e. The fourth-order valence-corrected chi connectivity index (χ4v) is 3.60. The fourth-order valence-electron chi connectivity index (χ4n) is 3.60. The summed E-state index contributed by atoms with van der Waals surface area (Å²) in [5, 5.41) is 6.60. The van der Waals surface area contributed by atoms with Crippen LogP contribution in [0.4, 0.5) is 10.1 Å². The van der Waals surface area contributed by atoms with E-state index in [1.807, 2.05) is 13.1 Å². The predicted molar refractivity (Wildman–Crippen MR) is 98.8 cm³/mol. The van der Waals surface area contributed by atoms with Gasteiger partial charge in [0.1, 0.15) is 5.82 Å². The van der Waals surface area contributed by atoms with Crippen LogP contribution in [-0.2, 0) is 27.4 Å². The normalized spacial score (nSPS) is 17.4. The van der Waals surface area contributed by atoms with E-state index < -0.39 is 11.9 Å². The molecular weight excluding hydrogens is 349 g/mol. The summed E-state index contributed by atoms with van der Waals surface area (Å²) in [6, 6.07) is 8.15. The Morgan fingerprint density at radius 1 is 1.22 bits per heavy atom. The van der Waals surface area contributed by atoms with E-state index in [4.69, 9.17) is 4.84 Å². The molecule has 0 aliphatic carbocycles. The van der Waals surface area contributed by atoms with Crippen LogP contribution in [0.15, 0.2) is 35.5 Å². The quantitative estimate of drug-likeness (QED) is 0.654. The number of nitrogens with one attached hydrogen (secondary N) is 1. The molecule has 1 N–H and O–H groups in total. The number of amides is 1. The lowest BCUT2D eigenvalue weighted by molar-refractivity contribution is -0.140. The Hall–Kier alpha value is -3.06. The summed E-state index contributed by atoms with van der Waals surface area (Å²) >= 11 is 0. The molecule has 1 amide bonds. The first kappa shape index (κ1) is 17.4. The average Bonchev–Trinajstić information content (AvgIpc) is 2.95. The molecule has 138 valence electrons. The van der Waals surface area contributed by atoms with E-state index in [-0.39, 0.29) is 11.5 Å². The number of oxime groups is 1. The Bertz CT molecular complexity index is 983. The van der Waals surface area contributed by atoms with Gasteiger partial charge in [-0.3, -0.25) is 4.79 Å². The monoisotopic (exact) mass is 367 g/mol. The van der Waals surface area contributed by atoms with Gasteiger partial charge in [0.15, 0.2) is 5.71 Å². The van der Waals surface area contributed by atoms with Gasteiger partial charge in [0.25, 0.3) is 5.91 Å². The van der Waals surface area contributed by atoms with Crippen LogP contribution in [0.3, 0.4) is 0 Å². The number of carbonyl (C=O) groups excluding carboxylic acids is 2.